The van der Waals surface area contributed by atoms with Crippen LogP contribution in [0.2, 0.25) is 0 Å². The van der Waals surface area contributed by atoms with Crippen LogP contribution in [-0.2, 0) is 0 Å². The second-order valence-electron chi connectivity index (χ2n) is 2.44. The first-order chi connectivity index (χ1) is 5.69. The Hall–Kier alpha value is -0.870. The van der Waals surface area contributed by atoms with Crippen molar-refractivity contribution in [3.63, 3.8) is 0 Å². The molecule has 1 aromatic rings. The van der Waals surface area contributed by atoms with E-state index in [4.69, 9.17) is 5.84 Å². The third kappa shape index (κ3) is 1.65. The zero-order valence-electron chi connectivity index (χ0n) is 7.37. The van der Waals surface area contributed by atoms with E-state index in [1.54, 1.807) is 22.4 Å². The first-order valence-corrected chi connectivity index (χ1v) is 4.62. The summed E-state index contributed by atoms with van der Waals surface area (Å²) in [6.45, 7) is 8.42. The van der Waals surface area contributed by atoms with Crippen LogP contribution in [0.3, 0.4) is 0 Å². The van der Waals surface area contributed by atoms with E-state index in [2.05, 4.69) is 11.6 Å². The molecule has 0 aliphatic carbocycles. The van der Waals surface area contributed by atoms with Gasteiger partial charge in [0.2, 0.25) is 0 Å². The summed E-state index contributed by atoms with van der Waals surface area (Å²) in [6.07, 6.45) is 1.81. The van der Waals surface area contributed by atoms with Crippen molar-refractivity contribution in [2.75, 3.05) is 11.6 Å². The normalized spacial score (nSPS) is 9.92. The van der Waals surface area contributed by atoms with E-state index < -0.39 is 0 Å². The van der Waals surface area contributed by atoms with Crippen LogP contribution >= 0.6 is 11.3 Å². The first-order valence-electron chi connectivity index (χ1n) is 3.81. The average Bonchev–Trinajstić information content (AvgIpc) is 2.45. The highest BCUT2D eigenvalue weighted by molar-refractivity contribution is 7.16. The molecule has 66 valence electrons. The van der Waals surface area contributed by atoms with Crippen molar-refractivity contribution >= 4 is 22.5 Å². The number of thiazole rings is 1. The molecule has 2 N–H and O–H groups in total. The van der Waals surface area contributed by atoms with E-state index in [-0.39, 0.29) is 0 Å². The number of rotatable bonds is 3. The lowest BCUT2D eigenvalue weighted by atomic mass is 10.4. The lowest BCUT2D eigenvalue weighted by Crippen LogP contribution is -2.29. The smallest absolute Gasteiger partial charge is 0.200 e. The van der Waals surface area contributed by atoms with Gasteiger partial charge in [0.05, 0.1) is 10.6 Å². The van der Waals surface area contributed by atoms with Crippen LogP contribution in [-0.4, -0.2) is 11.5 Å². The Morgan fingerprint density at radius 2 is 2.42 bits per heavy atom. The van der Waals surface area contributed by atoms with E-state index in [0.717, 1.165) is 22.2 Å². The van der Waals surface area contributed by atoms with Crippen molar-refractivity contribution in [2.24, 2.45) is 5.84 Å². The molecule has 0 spiro atoms. The summed E-state index contributed by atoms with van der Waals surface area (Å²) in [5.41, 5.74) is 0.994. The Morgan fingerprint density at radius 1 is 1.75 bits per heavy atom. The number of nitrogens with two attached hydrogens (primary N) is 1. The number of anilines is 1. The highest BCUT2D eigenvalue weighted by Gasteiger charge is 2.07. The molecule has 0 amide bonds. The van der Waals surface area contributed by atoms with Crippen LogP contribution in [0.1, 0.15) is 17.5 Å². The number of aryl methyl sites for hydroxylation is 1. The number of aromatic nitrogens is 1. The van der Waals surface area contributed by atoms with Gasteiger partial charge < -0.3 is 0 Å². The summed E-state index contributed by atoms with van der Waals surface area (Å²) in [7, 11) is 0. The third-order valence-corrected chi connectivity index (χ3v) is 2.78. The van der Waals surface area contributed by atoms with Gasteiger partial charge >= 0.3 is 0 Å². The minimum absolute atomic E-state index is 0.767. The average molecular weight is 183 g/mol. The Labute approximate surface area is 76.5 Å². The Kier molecular flexibility index (Phi) is 2.83. The highest BCUT2D eigenvalue weighted by atomic mass is 32.1. The summed E-state index contributed by atoms with van der Waals surface area (Å²) >= 11 is 1.56. The predicted molar refractivity (Wildman–Crippen MR) is 54.1 cm³/mol. The third-order valence-electron chi connectivity index (χ3n) is 1.59. The topological polar surface area (TPSA) is 42.1 Å². The zero-order chi connectivity index (χ0) is 9.14. The van der Waals surface area contributed by atoms with Crippen LogP contribution in [0, 0.1) is 6.92 Å². The Bertz CT molecular complexity index is 280. The van der Waals surface area contributed by atoms with E-state index in [1.807, 2.05) is 13.8 Å². The summed E-state index contributed by atoms with van der Waals surface area (Å²) in [4.78, 5) is 5.39. The Balaban J connectivity index is 2.96. The molecule has 1 aromatic heterocycles. The van der Waals surface area contributed by atoms with Crippen molar-refractivity contribution in [1.29, 1.82) is 0 Å². The van der Waals surface area contributed by atoms with E-state index in [1.165, 1.54) is 0 Å². The number of nitrogens with zero attached hydrogens (tertiary/aromatic N) is 2. The molecule has 0 saturated heterocycles. The van der Waals surface area contributed by atoms with Gasteiger partial charge in [0, 0.05) is 6.54 Å². The van der Waals surface area contributed by atoms with Gasteiger partial charge in [0.25, 0.3) is 0 Å². The highest BCUT2D eigenvalue weighted by Crippen LogP contribution is 2.24. The fourth-order valence-corrected chi connectivity index (χ4v) is 1.74. The molecule has 0 unspecified atom stereocenters. The van der Waals surface area contributed by atoms with Crippen LogP contribution < -0.4 is 10.9 Å². The molecule has 0 saturated carbocycles. The minimum Gasteiger partial charge on any atom is -0.286 e. The second-order valence-corrected chi connectivity index (χ2v) is 3.45. The molecule has 0 radical (unpaired) electrons. The molecule has 4 heteroatoms. The van der Waals surface area contributed by atoms with Crippen molar-refractivity contribution in [3.8, 4) is 0 Å². The van der Waals surface area contributed by atoms with Crippen molar-refractivity contribution in [3.05, 3.63) is 17.2 Å². The SMILES string of the molecule is C=Cc1sc(N(N)CC)nc1C. The van der Waals surface area contributed by atoms with Gasteiger partial charge in [-0.1, -0.05) is 24.0 Å². The van der Waals surface area contributed by atoms with Crippen molar-refractivity contribution in [2.45, 2.75) is 13.8 Å². The van der Waals surface area contributed by atoms with Gasteiger partial charge in [0.1, 0.15) is 0 Å². The summed E-state index contributed by atoms with van der Waals surface area (Å²) in [5.74, 6) is 5.68. The van der Waals surface area contributed by atoms with Crippen molar-refractivity contribution in [1.82, 2.24) is 4.98 Å². The maximum absolute atomic E-state index is 5.68. The van der Waals surface area contributed by atoms with Gasteiger partial charge in [-0.15, -0.1) is 0 Å². The molecule has 1 rings (SSSR count). The molecule has 1 heterocycles. The van der Waals surface area contributed by atoms with Crippen LogP contribution in [0.5, 0.6) is 0 Å². The molecule has 0 atom stereocenters. The second kappa shape index (κ2) is 3.69. The van der Waals surface area contributed by atoms with Crippen molar-refractivity contribution < 1.29 is 0 Å². The maximum atomic E-state index is 5.68. The van der Waals surface area contributed by atoms with Crippen LogP contribution in [0.25, 0.3) is 6.08 Å². The number of hydrogen-bond donors (Lipinski definition) is 1. The molecule has 0 aliphatic rings. The molecule has 0 bridgehead atoms. The molecule has 0 aliphatic heterocycles. The fourth-order valence-electron chi connectivity index (χ4n) is 0.841. The van der Waals surface area contributed by atoms with E-state index in [9.17, 15) is 0 Å². The summed E-state index contributed by atoms with van der Waals surface area (Å²) < 4.78 is 0. The molecule has 0 aromatic carbocycles. The Morgan fingerprint density at radius 3 is 2.83 bits per heavy atom. The maximum Gasteiger partial charge on any atom is 0.200 e. The zero-order valence-corrected chi connectivity index (χ0v) is 8.19. The predicted octanol–water partition coefficient (Wildman–Crippen LogP) is 1.79. The van der Waals surface area contributed by atoms with E-state index in [0.29, 0.717) is 0 Å². The molecular weight excluding hydrogens is 170 g/mol. The van der Waals surface area contributed by atoms with E-state index >= 15 is 0 Å². The standard InChI is InChI=1S/C8H13N3S/c1-4-7-6(3)10-8(12-7)11(9)5-2/h4H,1,5,9H2,2-3H3. The molecule has 12 heavy (non-hydrogen) atoms. The monoisotopic (exact) mass is 183 g/mol. The molecule has 0 fully saturated rings. The summed E-state index contributed by atoms with van der Waals surface area (Å²) in [5, 5.41) is 2.48. The number of hydrazine groups is 1. The van der Waals surface area contributed by atoms with Crippen LogP contribution in [0.4, 0.5) is 5.13 Å². The lowest BCUT2D eigenvalue weighted by molar-refractivity contribution is 0.881. The minimum atomic E-state index is 0.767. The number of hydrogen-bond acceptors (Lipinski definition) is 4. The molecular formula is C8H13N3S. The van der Waals surface area contributed by atoms with Gasteiger partial charge in [-0.3, -0.25) is 5.01 Å². The van der Waals surface area contributed by atoms with Gasteiger partial charge in [-0.05, 0) is 13.8 Å². The molecule has 3 nitrogen and oxygen atoms in total. The largest absolute Gasteiger partial charge is 0.286 e. The van der Waals surface area contributed by atoms with Gasteiger partial charge in [-0.2, -0.15) is 0 Å². The fraction of sp³-hybridized carbons (Fsp3) is 0.375. The van der Waals surface area contributed by atoms with Gasteiger partial charge in [-0.25, -0.2) is 10.8 Å². The van der Waals surface area contributed by atoms with Gasteiger partial charge in [0.15, 0.2) is 5.13 Å². The lowest BCUT2D eigenvalue weighted by Gasteiger charge is -2.10. The van der Waals surface area contributed by atoms with Crippen LogP contribution in [0.15, 0.2) is 6.58 Å². The first kappa shape index (κ1) is 9.22. The quantitative estimate of drug-likeness (QED) is 0.574. The summed E-state index contributed by atoms with van der Waals surface area (Å²) in [6, 6.07) is 0.